The second-order valence-electron chi connectivity index (χ2n) is 6.90. The molecule has 0 spiro atoms. The summed E-state index contributed by atoms with van der Waals surface area (Å²) in [6, 6.07) is 22.8. The number of benzene rings is 3. The van der Waals surface area contributed by atoms with Crippen LogP contribution in [0.1, 0.15) is 23.6 Å². The average Bonchev–Trinajstić information content (AvgIpc) is 2.74. The molecule has 3 aromatic rings. The number of carbonyl (C=O) groups is 2. The molecule has 2 N–H and O–H groups in total. The van der Waals surface area contributed by atoms with Crippen LogP contribution in [0.5, 0.6) is 5.75 Å². The predicted molar refractivity (Wildman–Crippen MR) is 120 cm³/mol. The van der Waals surface area contributed by atoms with Gasteiger partial charge in [0.15, 0.2) is 0 Å². The smallest absolute Gasteiger partial charge is 0.248 e. The van der Waals surface area contributed by atoms with Crippen LogP contribution in [0, 0.1) is 6.92 Å². The Morgan fingerprint density at radius 1 is 0.933 bits per heavy atom. The Morgan fingerprint density at radius 2 is 1.67 bits per heavy atom. The Balaban J connectivity index is 1.64. The second kappa shape index (κ2) is 10.1. The van der Waals surface area contributed by atoms with Gasteiger partial charge in [-0.15, -0.1) is 0 Å². The molecular formula is C25H24N2O3. The van der Waals surface area contributed by atoms with Gasteiger partial charge in [0, 0.05) is 18.7 Å². The maximum atomic E-state index is 12.4. The number of rotatable bonds is 7. The monoisotopic (exact) mass is 400 g/mol. The van der Waals surface area contributed by atoms with Gasteiger partial charge in [-0.2, -0.15) is 0 Å². The summed E-state index contributed by atoms with van der Waals surface area (Å²) < 4.78 is 5.94. The largest absolute Gasteiger partial charge is 0.487 e. The van der Waals surface area contributed by atoms with Gasteiger partial charge in [-0.3, -0.25) is 9.59 Å². The molecule has 152 valence electrons. The number of carbonyl (C=O) groups excluding carboxylic acids is 2. The van der Waals surface area contributed by atoms with Gasteiger partial charge in [-0.05, 0) is 54.0 Å². The third-order valence-electron chi connectivity index (χ3n) is 4.29. The highest BCUT2D eigenvalue weighted by molar-refractivity contribution is 6.02. The molecular weight excluding hydrogens is 376 g/mol. The quantitative estimate of drug-likeness (QED) is 0.537. The minimum atomic E-state index is -0.255. The molecule has 0 unspecified atom stereocenters. The van der Waals surface area contributed by atoms with Gasteiger partial charge in [-0.1, -0.05) is 48.5 Å². The van der Waals surface area contributed by atoms with Crippen molar-refractivity contribution in [2.75, 3.05) is 10.6 Å². The maximum absolute atomic E-state index is 12.4. The SMILES string of the molecule is CC(=O)Nc1ccc(/C=C/C(=O)Nc2ccc(C)cc2OCc2ccccc2)cc1. The third kappa shape index (κ3) is 6.34. The summed E-state index contributed by atoms with van der Waals surface area (Å²) in [5, 5.41) is 5.58. The number of anilines is 2. The van der Waals surface area contributed by atoms with E-state index in [1.54, 1.807) is 18.2 Å². The Labute approximate surface area is 176 Å². The molecule has 0 aliphatic rings. The molecule has 0 bridgehead atoms. The number of amides is 2. The third-order valence-corrected chi connectivity index (χ3v) is 4.29. The van der Waals surface area contributed by atoms with E-state index in [1.807, 2.05) is 67.6 Å². The second-order valence-corrected chi connectivity index (χ2v) is 6.90. The Hall–Kier alpha value is -3.86. The molecule has 5 heteroatoms. The summed E-state index contributed by atoms with van der Waals surface area (Å²) >= 11 is 0. The zero-order valence-corrected chi connectivity index (χ0v) is 17.0. The van der Waals surface area contributed by atoms with Crippen LogP contribution in [0.4, 0.5) is 11.4 Å². The van der Waals surface area contributed by atoms with Gasteiger partial charge in [0.05, 0.1) is 5.69 Å². The lowest BCUT2D eigenvalue weighted by molar-refractivity contribution is -0.114. The van der Waals surface area contributed by atoms with Gasteiger partial charge in [0.2, 0.25) is 11.8 Å². The van der Waals surface area contributed by atoms with E-state index in [1.165, 1.54) is 13.0 Å². The Kier molecular flexibility index (Phi) is 7.00. The predicted octanol–water partition coefficient (Wildman–Crippen LogP) is 5.18. The van der Waals surface area contributed by atoms with E-state index in [0.717, 1.165) is 16.7 Å². The fourth-order valence-electron chi connectivity index (χ4n) is 2.81. The van der Waals surface area contributed by atoms with E-state index < -0.39 is 0 Å². The first kappa shape index (κ1) is 20.9. The highest BCUT2D eigenvalue weighted by Gasteiger charge is 2.07. The standard InChI is InChI=1S/C25H24N2O3/c1-18-8-14-23(24(16-18)30-17-21-6-4-3-5-7-21)27-25(29)15-11-20-9-12-22(13-10-20)26-19(2)28/h3-16H,17H2,1-2H3,(H,26,28)(H,27,29)/b15-11+. The van der Waals surface area contributed by atoms with Crippen LogP contribution in [0.15, 0.2) is 78.9 Å². The summed E-state index contributed by atoms with van der Waals surface area (Å²) in [7, 11) is 0. The molecule has 0 radical (unpaired) electrons. The lowest BCUT2D eigenvalue weighted by Gasteiger charge is -2.13. The van der Waals surface area contributed by atoms with Gasteiger partial charge >= 0.3 is 0 Å². The van der Waals surface area contributed by atoms with E-state index in [2.05, 4.69) is 10.6 Å². The first-order valence-corrected chi connectivity index (χ1v) is 9.64. The van der Waals surface area contributed by atoms with Crippen molar-refractivity contribution in [3.8, 4) is 5.75 Å². The summed E-state index contributed by atoms with van der Waals surface area (Å²) in [5.41, 5.74) is 4.28. The lowest BCUT2D eigenvalue weighted by atomic mass is 10.2. The topological polar surface area (TPSA) is 67.4 Å². The van der Waals surface area contributed by atoms with Crippen LogP contribution < -0.4 is 15.4 Å². The van der Waals surface area contributed by atoms with Gasteiger partial charge in [0.1, 0.15) is 12.4 Å². The Bertz CT molecular complexity index is 1040. The van der Waals surface area contributed by atoms with E-state index in [4.69, 9.17) is 4.74 Å². The molecule has 30 heavy (non-hydrogen) atoms. The van der Waals surface area contributed by atoms with Gasteiger partial charge in [-0.25, -0.2) is 0 Å². The van der Waals surface area contributed by atoms with Crippen molar-refractivity contribution in [3.63, 3.8) is 0 Å². The molecule has 0 aliphatic carbocycles. The van der Waals surface area contributed by atoms with Crippen LogP contribution in [-0.2, 0) is 16.2 Å². The van der Waals surface area contributed by atoms with Crippen molar-refractivity contribution in [1.82, 2.24) is 0 Å². The Morgan fingerprint density at radius 3 is 2.37 bits per heavy atom. The zero-order valence-electron chi connectivity index (χ0n) is 17.0. The molecule has 2 amide bonds. The highest BCUT2D eigenvalue weighted by atomic mass is 16.5. The molecule has 0 saturated carbocycles. The number of hydrogen-bond donors (Lipinski definition) is 2. The number of aryl methyl sites for hydroxylation is 1. The molecule has 0 heterocycles. The normalized spacial score (nSPS) is 10.6. The van der Waals surface area contributed by atoms with Crippen molar-refractivity contribution >= 4 is 29.3 Å². The minimum absolute atomic E-state index is 0.124. The average molecular weight is 400 g/mol. The van der Waals surface area contributed by atoms with Gasteiger partial charge < -0.3 is 15.4 Å². The van der Waals surface area contributed by atoms with Crippen LogP contribution >= 0.6 is 0 Å². The fourth-order valence-corrected chi connectivity index (χ4v) is 2.81. The summed E-state index contributed by atoms with van der Waals surface area (Å²) in [6.07, 6.45) is 3.18. The molecule has 3 aromatic carbocycles. The molecule has 0 aromatic heterocycles. The highest BCUT2D eigenvalue weighted by Crippen LogP contribution is 2.27. The van der Waals surface area contributed by atoms with Crippen LogP contribution in [0.25, 0.3) is 6.08 Å². The molecule has 0 aliphatic heterocycles. The molecule has 3 rings (SSSR count). The van der Waals surface area contributed by atoms with Crippen molar-refractivity contribution in [2.45, 2.75) is 20.5 Å². The number of hydrogen-bond acceptors (Lipinski definition) is 3. The molecule has 0 atom stereocenters. The van der Waals surface area contributed by atoms with Crippen LogP contribution in [-0.4, -0.2) is 11.8 Å². The number of nitrogens with one attached hydrogen (secondary N) is 2. The van der Waals surface area contributed by atoms with Crippen LogP contribution in [0.3, 0.4) is 0 Å². The summed E-state index contributed by atoms with van der Waals surface area (Å²) in [5.74, 6) is 0.246. The maximum Gasteiger partial charge on any atom is 0.248 e. The van der Waals surface area contributed by atoms with Crippen molar-refractivity contribution < 1.29 is 14.3 Å². The molecule has 0 fully saturated rings. The van der Waals surface area contributed by atoms with Crippen molar-refractivity contribution in [2.24, 2.45) is 0 Å². The molecule has 0 saturated heterocycles. The van der Waals surface area contributed by atoms with Crippen molar-refractivity contribution in [3.05, 3.63) is 95.6 Å². The summed E-state index contributed by atoms with van der Waals surface area (Å²) in [4.78, 5) is 23.5. The molecule has 5 nitrogen and oxygen atoms in total. The lowest BCUT2D eigenvalue weighted by Crippen LogP contribution is -2.09. The van der Waals surface area contributed by atoms with E-state index in [9.17, 15) is 9.59 Å². The van der Waals surface area contributed by atoms with Crippen molar-refractivity contribution in [1.29, 1.82) is 0 Å². The summed E-state index contributed by atoms with van der Waals surface area (Å²) in [6.45, 7) is 3.86. The number of ether oxygens (including phenoxy) is 1. The van der Waals surface area contributed by atoms with E-state index >= 15 is 0 Å². The first-order chi connectivity index (χ1) is 14.5. The van der Waals surface area contributed by atoms with Gasteiger partial charge in [0.25, 0.3) is 0 Å². The van der Waals surface area contributed by atoms with E-state index in [-0.39, 0.29) is 11.8 Å². The first-order valence-electron chi connectivity index (χ1n) is 9.64. The fraction of sp³-hybridized carbons (Fsp3) is 0.120. The van der Waals surface area contributed by atoms with E-state index in [0.29, 0.717) is 23.7 Å². The zero-order chi connectivity index (χ0) is 21.3. The minimum Gasteiger partial charge on any atom is -0.487 e. The van der Waals surface area contributed by atoms with Crippen LogP contribution in [0.2, 0.25) is 0 Å².